The van der Waals surface area contributed by atoms with Gasteiger partial charge in [0.2, 0.25) is 0 Å². The third-order valence-electron chi connectivity index (χ3n) is 1.54. The molecule has 11 heavy (non-hydrogen) atoms. The van der Waals surface area contributed by atoms with Crippen LogP contribution in [0.2, 0.25) is 0 Å². The normalized spacial score (nSPS) is 10.6. The van der Waals surface area contributed by atoms with Gasteiger partial charge in [-0.15, -0.1) is 0 Å². The third kappa shape index (κ3) is 0.756. The Morgan fingerprint density at radius 3 is 3.09 bits per heavy atom. The molecular weight excluding hydrogens is 147 g/mol. The minimum atomic E-state index is -0.462. The average molecular weight is 152 g/mol. The second kappa shape index (κ2) is 1.95. The molecule has 0 aromatic carbocycles. The Labute approximate surface area is 61.7 Å². The molecule has 0 aliphatic carbocycles. The molecule has 0 amide bonds. The SMILES string of the molecule is On1cc(F)c2cnccc21. The van der Waals surface area contributed by atoms with Crippen molar-refractivity contribution in [1.29, 1.82) is 0 Å². The summed E-state index contributed by atoms with van der Waals surface area (Å²) in [6.45, 7) is 0. The summed E-state index contributed by atoms with van der Waals surface area (Å²) in [4.78, 5) is 3.72. The minimum Gasteiger partial charge on any atom is -0.428 e. The molecule has 0 fully saturated rings. The van der Waals surface area contributed by atoms with E-state index in [4.69, 9.17) is 5.21 Å². The van der Waals surface area contributed by atoms with Crippen LogP contribution < -0.4 is 0 Å². The van der Waals surface area contributed by atoms with Gasteiger partial charge in [-0.25, -0.2) is 4.39 Å². The highest BCUT2D eigenvalue weighted by atomic mass is 19.1. The Bertz CT molecular complexity index is 360. The van der Waals surface area contributed by atoms with Crippen LogP contribution in [-0.2, 0) is 0 Å². The molecule has 0 spiro atoms. The lowest BCUT2D eigenvalue weighted by molar-refractivity contribution is 0.198. The van der Waals surface area contributed by atoms with Crippen molar-refractivity contribution in [1.82, 2.24) is 9.71 Å². The molecule has 0 atom stereocenters. The van der Waals surface area contributed by atoms with E-state index >= 15 is 0 Å². The smallest absolute Gasteiger partial charge is 0.153 e. The fraction of sp³-hybridized carbons (Fsp3) is 0. The second-order valence-corrected chi connectivity index (χ2v) is 2.21. The van der Waals surface area contributed by atoms with Gasteiger partial charge < -0.3 is 5.21 Å². The zero-order valence-electron chi connectivity index (χ0n) is 5.53. The highest BCUT2D eigenvalue weighted by Crippen LogP contribution is 2.16. The highest BCUT2D eigenvalue weighted by Gasteiger charge is 2.05. The van der Waals surface area contributed by atoms with Gasteiger partial charge in [-0.3, -0.25) is 4.98 Å². The third-order valence-corrected chi connectivity index (χ3v) is 1.54. The summed E-state index contributed by atoms with van der Waals surface area (Å²) in [5.41, 5.74) is 0.428. The number of rotatable bonds is 0. The predicted molar refractivity (Wildman–Crippen MR) is 36.9 cm³/mol. The van der Waals surface area contributed by atoms with Gasteiger partial charge in [0.15, 0.2) is 5.82 Å². The fourth-order valence-electron chi connectivity index (χ4n) is 1.02. The summed E-state index contributed by atoms with van der Waals surface area (Å²) in [6, 6.07) is 1.54. The van der Waals surface area contributed by atoms with Crippen LogP contribution in [0.3, 0.4) is 0 Å². The molecule has 3 nitrogen and oxygen atoms in total. The Balaban J connectivity index is 2.95. The van der Waals surface area contributed by atoms with Gasteiger partial charge >= 0.3 is 0 Å². The van der Waals surface area contributed by atoms with Crippen molar-refractivity contribution >= 4 is 10.9 Å². The molecule has 0 unspecified atom stereocenters. The van der Waals surface area contributed by atoms with Crippen LogP contribution in [0.5, 0.6) is 0 Å². The largest absolute Gasteiger partial charge is 0.428 e. The molecule has 2 aromatic heterocycles. The number of hydrogen-bond donors (Lipinski definition) is 1. The number of fused-ring (bicyclic) bond motifs is 1. The monoisotopic (exact) mass is 152 g/mol. The van der Waals surface area contributed by atoms with Crippen LogP contribution >= 0.6 is 0 Å². The van der Waals surface area contributed by atoms with Crippen molar-refractivity contribution in [3.05, 3.63) is 30.5 Å². The fourth-order valence-corrected chi connectivity index (χ4v) is 1.02. The van der Waals surface area contributed by atoms with E-state index in [0.29, 0.717) is 10.9 Å². The van der Waals surface area contributed by atoms with Crippen LogP contribution in [0.4, 0.5) is 4.39 Å². The molecular formula is C7H5FN2O. The van der Waals surface area contributed by atoms with E-state index in [-0.39, 0.29) is 0 Å². The van der Waals surface area contributed by atoms with E-state index in [1.54, 1.807) is 6.07 Å². The van der Waals surface area contributed by atoms with Crippen molar-refractivity contribution < 1.29 is 9.60 Å². The van der Waals surface area contributed by atoms with Gasteiger partial charge in [0.05, 0.1) is 17.1 Å². The topological polar surface area (TPSA) is 38.0 Å². The summed E-state index contributed by atoms with van der Waals surface area (Å²) in [6.07, 6.45) is 3.87. The van der Waals surface area contributed by atoms with Crippen molar-refractivity contribution in [2.75, 3.05) is 0 Å². The lowest BCUT2D eigenvalue weighted by atomic mass is 10.3. The van der Waals surface area contributed by atoms with Gasteiger partial charge in [0.25, 0.3) is 0 Å². The Morgan fingerprint density at radius 2 is 2.36 bits per heavy atom. The van der Waals surface area contributed by atoms with E-state index in [1.807, 2.05) is 0 Å². The molecule has 1 N–H and O–H groups in total. The molecule has 0 saturated carbocycles. The molecule has 56 valence electrons. The molecule has 2 rings (SSSR count). The van der Waals surface area contributed by atoms with Crippen LogP contribution in [-0.4, -0.2) is 14.9 Å². The van der Waals surface area contributed by atoms with E-state index in [0.717, 1.165) is 10.9 Å². The standard InChI is InChI=1S/C7H5FN2O/c8-6-4-10(11)7-1-2-9-3-5(6)7/h1-4,11H. The number of nitrogens with zero attached hydrogens (tertiary/aromatic N) is 2. The zero-order chi connectivity index (χ0) is 7.84. The first-order valence-electron chi connectivity index (χ1n) is 3.09. The number of aromatic nitrogens is 2. The van der Waals surface area contributed by atoms with Crippen LogP contribution in [0.15, 0.2) is 24.7 Å². The van der Waals surface area contributed by atoms with Crippen molar-refractivity contribution in [3.63, 3.8) is 0 Å². The summed E-state index contributed by atoms with van der Waals surface area (Å²) < 4.78 is 13.5. The summed E-state index contributed by atoms with van der Waals surface area (Å²) in [5.74, 6) is -0.462. The van der Waals surface area contributed by atoms with Crippen molar-refractivity contribution in [2.45, 2.75) is 0 Å². The molecule has 0 saturated heterocycles. The predicted octanol–water partition coefficient (Wildman–Crippen LogP) is 1.41. The van der Waals surface area contributed by atoms with E-state index in [9.17, 15) is 4.39 Å². The number of hydrogen-bond acceptors (Lipinski definition) is 2. The second-order valence-electron chi connectivity index (χ2n) is 2.21. The maximum Gasteiger partial charge on any atom is 0.153 e. The van der Waals surface area contributed by atoms with Crippen LogP contribution in [0, 0.1) is 5.82 Å². The van der Waals surface area contributed by atoms with Gasteiger partial charge in [-0.1, -0.05) is 0 Å². The Kier molecular flexibility index (Phi) is 1.09. The van der Waals surface area contributed by atoms with Gasteiger partial charge in [0.1, 0.15) is 0 Å². The van der Waals surface area contributed by atoms with Crippen LogP contribution in [0.25, 0.3) is 10.9 Å². The average Bonchev–Trinajstić information content (AvgIpc) is 2.30. The van der Waals surface area contributed by atoms with E-state index in [2.05, 4.69) is 4.98 Å². The number of pyridine rings is 1. The molecule has 2 aromatic rings. The van der Waals surface area contributed by atoms with E-state index < -0.39 is 5.82 Å². The molecule has 2 heterocycles. The highest BCUT2D eigenvalue weighted by molar-refractivity contribution is 5.79. The van der Waals surface area contributed by atoms with Gasteiger partial charge in [-0.05, 0) is 6.07 Å². The van der Waals surface area contributed by atoms with Gasteiger partial charge in [0, 0.05) is 12.4 Å². The summed E-state index contributed by atoms with van der Waals surface area (Å²) >= 11 is 0. The lowest BCUT2D eigenvalue weighted by Crippen LogP contribution is -1.84. The van der Waals surface area contributed by atoms with Gasteiger partial charge in [-0.2, -0.15) is 4.73 Å². The maximum atomic E-state index is 12.8. The lowest BCUT2D eigenvalue weighted by Gasteiger charge is -1.90. The number of halogens is 1. The molecule has 0 aliphatic rings. The molecule has 0 bridgehead atoms. The van der Waals surface area contributed by atoms with Crippen LogP contribution in [0.1, 0.15) is 0 Å². The summed E-state index contributed by atoms with van der Waals surface area (Å²) in [5, 5.41) is 9.37. The quantitative estimate of drug-likeness (QED) is 0.579. The molecule has 0 radical (unpaired) electrons. The molecule has 0 aliphatic heterocycles. The van der Waals surface area contributed by atoms with Crippen molar-refractivity contribution in [2.24, 2.45) is 0 Å². The first-order valence-corrected chi connectivity index (χ1v) is 3.09. The van der Waals surface area contributed by atoms with E-state index in [1.165, 1.54) is 12.4 Å². The maximum absolute atomic E-state index is 12.8. The minimum absolute atomic E-state index is 0.329. The first kappa shape index (κ1) is 6.15. The Morgan fingerprint density at radius 1 is 1.55 bits per heavy atom. The van der Waals surface area contributed by atoms with Crippen molar-refractivity contribution in [3.8, 4) is 0 Å². The first-order chi connectivity index (χ1) is 5.29. The molecule has 4 heteroatoms. The Hall–Kier alpha value is -1.58. The zero-order valence-corrected chi connectivity index (χ0v) is 5.53. The summed E-state index contributed by atoms with van der Waals surface area (Å²) in [7, 11) is 0.